The topological polar surface area (TPSA) is 52.1 Å². The molecule has 0 amide bonds. The van der Waals surface area contributed by atoms with Crippen LogP contribution in [0.15, 0.2) is 73.1 Å². The van der Waals surface area contributed by atoms with E-state index in [-0.39, 0.29) is 5.82 Å². The molecule has 3 aromatic rings. The highest BCUT2D eigenvalue weighted by molar-refractivity contribution is 5.88. The average Bonchev–Trinajstić information content (AvgIpc) is 2.57. The van der Waals surface area contributed by atoms with Gasteiger partial charge in [0.25, 0.3) is 0 Å². The maximum atomic E-state index is 12.1. The van der Waals surface area contributed by atoms with Crippen LogP contribution in [0.1, 0.15) is 10.6 Å². The van der Waals surface area contributed by atoms with Crippen molar-refractivity contribution in [1.82, 2.24) is 9.97 Å². The Balaban J connectivity index is 1.92. The van der Waals surface area contributed by atoms with Gasteiger partial charge in [0.2, 0.25) is 5.82 Å². The highest BCUT2D eigenvalue weighted by Crippen LogP contribution is 2.29. The van der Waals surface area contributed by atoms with E-state index < -0.39 is 5.97 Å². The molecule has 1 heterocycles. The van der Waals surface area contributed by atoms with Gasteiger partial charge in [0, 0.05) is 18.0 Å². The molecule has 1 aromatic heterocycles. The Morgan fingerprint density at radius 2 is 1.48 bits per heavy atom. The van der Waals surface area contributed by atoms with Gasteiger partial charge in [-0.05, 0) is 17.7 Å². The lowest BCUT2D eigenvalue weighted by molar-refractivity contribution is 0.0722. The number of carbonyl (C=O) groups excluding carboxylic acids is 1. The Bertz CT molecular complexity index is 743. The number of para-hydroxylation sites is 1. The summed E-state index contributed by atoms with van der Waals surface area (Å²) >= 11 is 0. The zero-order valence-corrected chi connectivity index (χ0v) is 11.1. The Morgan fingerprint density at radius 3 is 2.24 bits per heavy atom. The smallest absolute Gasteiger partial charge is 0.381 e. The molecule has 0 unspecified atom stereocenters. The fourth-order valence-electron chi connectivity index (χ4n) is 1.96. The van der Waals surface area contributed by atoms with Gasteiger partial charge in [0.1, 0.15) is 5.75 Å². The zero-order chi connectivity index (χ0) is 14.5. The number of nitrogens with zero attached hydrogens (tertiary/aromatic N) is 2. The first-order valence-corrected chi connectivity index (χ1v) is 6.48. The summed E-state index contributed by atoms with van der Waals surface area (Å²) in [6.45, 7) is 0. The van der Waals surface area contributed by atoms with Gasteiger partial charge in [-0.2, -0.15) is 0 Å². The Morgan fingerprint density at radius 1 is 0.810 bits per heavy atom. The van der Waals surface area contributed by atoms with Crippen molar-refractivity contribution in [2.24, 2.45) is 0 Å². The van der Waals surface area contributed by atoms with E-state index in [2.05, 4.69) is 9.97 Å². The molecule has 0 N–H and O–H groups in total. The van der Waals surface area contributed by atoms with Crippen molar-refractivity contribution in [3.63, 3.8) is 0 Å². The van der Waals surface area contributed by atoms with Crippen LogP contribution in [-0.4, -0.2) is 15.9 Å². The van der Waals surface area contributed by atoms with E-state index in [1.165, 1.54) is 12.4 Å². The molecule has 0 fully saturated rings. The van der Waals surface area contributed by atoms with Gasteiger partial charge >= 0.3 is 5.97 Å². The fraction of sp³-hybridized carbons (Fsp3) is 0. The third kappa shape index (κ3) is 2.95. The summed E-state index contributed by atoms with van der Waals surface area (Å²) in [6, 6.07) is 18.8. The lowest BCUT2D eigenvalue weighted by Crippen LogP contribution is -2.12. The Kier molecular flexibility index (Phi) is 3.69. The van der Waals surface area contributed by atoms with Gasteiger partial charge < -0.3 is 4.74 Å². The molecule has 0 aliphatic heterocycles. The van der Waals surface area contributed by atoms with Crippen molar-refractivity contribution in [2.45, 2.75) is 0 Å². The minimum absolute atomic E-state index is 0.0420. The molecule has 0 bridgehead atoms. The number of carbonyl (C=O) groups is 1. The van der Waals surface area contributed by atoms with Gasteiger partial charge in [0.05, 0.1) is 0 Å². The van der Waals surface area contributed by atoms with E-state index >= 15 is 0 Å². The number of aromatic nitrogens is 2. The molecule has 0 aliphatic rings. The van der Waals surface area contributed by atoms with Gasteiger partial charge in [0.15, 0.2) is 0 Å². The van der Waals surface area contributed by atoms with E-state index in [4.69, 9.17) is 4.74 Å². The van der Waals surface area contributed by atoms with Crippen LogP contribution < -0.4 is 4.74 Å². The van der Waals surface area contributed by atoms with Crippen molar-refractivity contribution in [3.8, 4) is 16.9 Å². The normalized spacial score (nSPS) is 10.1. The van der Waals surface area contributed by atoms with Crippen LogP contribution in [0.4, 0.5) is 0 Å². The molecule has 2 aromatic carbocycles. The summed E-state index contributed by atoms with van der Waals surface area (Å²) in [5.41, 5.74) is 1.83. The highest BCUT2D eigenvalue weighted by atomic mass is 16.5. The monoisotopic (exact) mass is 276 g/mol. The molecule has 4 heteroatoms. The summed E-state index contributed by atoms with van der Waals surface area (Å²) in [5, 5.41) is 0. The molecule has 4 nitrogen and oxygen atoms in total. The third-order valence-electron chi connectivity index (χ3n) is 2.92. The van der Waals surface area contributed by atoms with Crippen molar-refractivity contribution in [2.75, 3.05) is 0 Å². The van der Waals surface area contributed by atoms with Crippen LogP contribution in [0, 0.1) is 0 Å². The van der Waals surface area contributed by atoms with Crippen molar-refractivity contribution >= 4 is 5.97 Å². The van der Waals surface area contributed by atoms with Gasteiger partial charge in [-0.3, -0.25) is 0 Å². The van der Waals surface area contributed by atoms with Crippen LogP contribution in [-0.2, 0) is 0 Å². The predicted molar refractivity (Wildman–Crippen MR) is 78.9 cm³/mol. The zero-order valence-electron chi connectivity index (χ0n) is 11.1. The second kappa shape index (κ2) is 5.96. The molecule has 0 saturated heterocycles. The number of esters is 1. The van der Waals surface area contributed by atoms with Crippen LogP contribution >= 0.6 is 0 Å². The summed E-state index contributed by atoms with van der Waals surface area (Å²) < 4.78 is 5.42. The summed E-state index contributed by atoms with van der Waals surface area (Å²) in [7, 11) is 0. The first kappa shape index (κ1) is 13.0. The largest absolute Gasteiger partial charge is 0.420 e. The van der Waals surface area contributed by atoms with Crippen molar-refractivity contribution in [1.29, 1.82) is 0 Å². The Labute approximate surface area is 122 Å². The third-order valence-corrected chi connectivity index (χ3v) is 2.92. The molecule has 102 valence electrons. The molecule has 0 saturated carbocycles. The molecule has 0 atom stereocenters. The maximum Gasteiger partial charge on any atom is 0.381 e. The van der Waals surface area contributed by atoms with E-state index in [0.717, 1.165) is 11.1 Å². The number of hydrogen-bond acceptors (Lipinski definition) is 4. The first-order chi connectivity index (χ1) is 10.3. The summed E-state index contributed by atoms with van der Waals surface area (Å²) in [5.74, 6) is -0.0412. The molecule has 0 spiro atoms. The first-order valence-electron chi connectivity index (χ1n) is 6.48. The van der Waals surface area contributed by atoms with Crippen LogP contribution in [0.3, 0.4) is 0 Å². The lowest BCUT2D eigenvalue weighted by Gasteiger charge is -2.09. The van der Waals surface area contributed by atoms with E-state index in [9.17, 15) is 4.79 Å². The predicted octanol–water partition coefficient (Wildman–Crippen LogP) is 3.36. The van der Waals surface area contributed by atoms with Crippen LogP contribution in [0.2, 0.25) is 0 Å². The number of hydrogen-bond donors (Lipinski definition) is 0. The molecular formula is C17H12N2O2. The molecule has 3 rings (SSSR count). The summed E-state index contributed by atoms with van der Waals surface area (Å²) in [4.78, 5) is 19.8. The van der Waals surface area contributed by atoms with Crippen molar-refractivity contribution in [3.05, 3.63) is 78.9 Å². The fourth-order valence-corrected chi connectivity index (χ4v) is 1.96. The maximum absolute atomic E-state index is 12.1. The van der Waals surface area contributed by atoms with Crippen LogP contribution in [0.5, 0.6) is 5.75 Å². The van der Waals surface area contributed by atoms with Gasteiger partial charge in [-0.25, -0.2) is 14.8 Å². The highest BCUT2D eigenvalue weighted by Gasteiger charge is 2.14. The molecule has 0 radical (unpaired) electrons. The van der Waals surface area contributed by atoms with Crippen LogP contribution in [0.25, 0.3) is 11.1 Å². The standard InChI is InChI=1S/C17H12N2O2/c20-17(16-18-11-6-12-19-16)21-15-10-5-4-9-14(15)13-7-2-1-3-8-13/h1-12H. The second-order valence-corrected chi connectivity index (χ2v) is 4.32. The van der Waals surface area contributed by atoms with E-state index in [1.54, 1.807) is 12.1 Å². The Hall–Kier alpha value is -3.01. The SMILES string of the molecule is O=C(Oc1ccccc1-c1ccccc1)c1ncccn1. The van der Waals surface area contributed by atoms with E-state index in [0.29, 0.717) is 5.75 Å². The number of ether oxygens (including phenoxy) is 1. The lowest BCUT2D eigenvalue weighted by atomic mass is 10.1. The number of rotatable bonds is 3. The van der Waals surface area contributed by atoms with Gasteiger partial charge in [-0.1, -0.05) is 48.5 Å². The summed E-state index contributed by atoms with van der Waals surface area (Å²) in [6.07, 6.45) is 3.01. The molecule has 21 heavy (non-hydrogen) atoms. The minimum Gasteiger partial charge on any atom is -0.420 e. The number of benzene rings is 2. The average molecular weight is 276 g/mol. The van der Waals surface area contributed by atoms with E-state index in [1.807, 2.05) is 48.5 Å². The van der Waals surface area contributed by atoms with Crippen molar-refractivity contribution < 1.29 is 9.53 Å². The quantitative estimate of drug-likeness (QED) is 0.543. The minimum atomic E-state index is -0.570. The molecular weight excluding hydrogens is 264 g/mol. The van der Waals surface area contributed by atoms with Gasteiger partial charge in [-0.15, -0.1) is 0 Å². The second-order valence-electron chi connectivity index (χ2n) is 4.32. The molecule has 0 aliphatic carbocycles.